The molecule has 2 fully saturated rings. The van der Waals surface area contributed by atoms with Crippen LogP contribution in [0.2, 0.25) is 0 Å². The van der Waals surface area contributed by atoms with Gasteiger partial charge in [-0.3, -0.25) is 29.3 Å². The van der Waals surface area contributed by atoms with Crippen molar-refractivity contribution in [3.63, 3.8) is 0 Å². The fourth-order valence-electron chi connectivity index (χ4n) is 5.88. The number of aliphatic hydroxyl groups is 2. The molecule has 1 aliphatic carbocycles. The lowest BCUT2D eigenvalue weighted by atomic mass is 9.88. The van der Waals surface area contributed by atoms with Gasteiger partial charge in [0.05, 0.1) is 12.1 Å². The number of ether oxygens (including phenoxy) is 1. The maximum absolute atomic E-state index is 13.5. The number of nitroso groups, excluding NO2 is 1. The van der Waals surface area contributed by atoms with Crippen LogP contribution in [-0.4, -0.2) is 86.9 Å². The van der Waals surface area contributed by atoms with Gasteiger partial charge in [-0.15, -0.1) is 4.91 Å². The number of Topliss-reactive ketones (excluding diaryl/α,β-unsaturated/α-hetero) is 3. The number of aryl methyl sites for hydroxylation is 1. The lowest BCUT2D eigenvalue weighted by Gasteiger charge is -2.34. The lowest BCUT2D eigenvalue weighted by molar-refractivity contribution is -0.154. The number of hydrogen-bond acceptors (Lipinski definition) is 11. The van der Waals surface area contributed by atoms with E-state index >= 15 is 0 Å². The first-order valence-corrected chi connectivity index (χ1v) is 14.0. The zero-order chi connectivity index (χ0) is 30.3. The molecule has 1 aliphatic heterocycles. The van der Waals surface area contributed by atoms with Crippen molar-refractivity contribution < 1.29 is 38.9 Å². The number of benzene rings is 1. The molecule has 12 heteroatoms. The Morgan fingerprint density at radius 1 is 1.15 bits per heavy atom. The zero-order valence-electron chi connectivity index (χ0n) is 23.7. The Labute approximate surface area is 238 Å². The highest BCUT2D eigenvalue weighted by Crippen LogP contribution is 2.42. The molecule has 0 spiro atoms. The molecule has 1 saturated carbocycles. The van der Waals surface area contributed by atoms with Gasteiger partial charge in [-0.05, 0) is 62.6 Å². The highest BCUT2D eigenvalue weighted by atomic mass is 16.5. The third-order valence-electron chi connectivity index (χ3n) is 8.23. The van der Waals surface area contributed by atoms with Gasteiger partial charge in [0.15, 0.2) is 18.7 Å². The van der Waals surface area contributed by atoms with E-state index in [2.05, 4.69) is 10.5 Å². The van der Waals surface area contributed by atoms with Gasteiger partial charge in [-0.25, -0.2) is 0 Å². The summed E-state index contributed by atoms with van der Waals surface area (Å²) in [6.45, 7) is 2.95. The van der Waals surface area contributed by atoms with Crippen molar-refractivity contribution >= 4 is 29.2 Å². The number of esters is 1. The van der Waals surface area contributed by atoms with Crippen molar-refractivity contribution in [1.29, 1.82) is 0 Å². The fourth-order valence-corrected chi connectivity index (χ4v) is 5.88. The van der Waals surface area contributed by atoms with Gasteiger partial charge in [-0.1, -0.05) is 43.7 Å². The summed E-state index contributed by atoms with van der Waals surface area (Å²) in [4.78, 5) is 76.5. The molecule has 224 valence electrons. The van der Waals surface area contributed by atoms with Crippen LogP contribution in [0.4, 0.5) is 0 Å². The van der Waals surface area contributed by atoms with Crippen molar-refractivity contribution in [3.8, 4) is 0 Å². The number of carbonyl (C=O) groups excluding carboxylic acids is 5. The van der Waals surface area contributed by atoms with E-state index in [1.165, 1.54) is 11.8 Å². The minimum absolute atomic E-state index is 0.108. The second kappa shape index (κ2) is 14.0. The summed E-state index contributed by atoms with van der Waals surface area (Å²) in [6, 6.07) is 6.44. The van der Waals surface area contributed by atoms with E-state index in [4.69, 9.17) is 4.74 Å². The third kappa shape index (κ3) is 7.30. The minimum Gasteiger partial charge on any atom is -0.456 e. The van der Waals surface area contributed by atoms with Crippen molar-refractivity contribution in [2.24, 2.45) is 11.1 Å². The van der Waals surface area contributed by atoms with Crippen LogP contribution in [0.3, 0.4) is 0 Å². The van der Waals surface area contributed by atoms with Crippen LogP contribution in [0, 0.1) is 10.8 Å². The summed E-state index contributed by atoms with van der Waals surface area (Å²) in [6.07, 6.45) is 1.82. The average molecular weight is 574 g/mol. The largest absolute Gasteiger partial charge is 0.456 e. The Balaban J connectivity index is 1.72. The first-order chi connectivity index (χ1) is 19.4. The highest BCUT2D eigenvalue weighted by Gasteiger charge is 2.49. The van der Waals surface area contributed by atoms with Crippen molar-refractivity contribution in [1.82, 2.24) is 10.2 Å². The quantitative estimate of drug-likeness (QED) is 0.0908. The molecule has 1 aromatic rings. The van der Waals surface area contributed by atoms with Gasteiger partial charge in [0, 0.05) is 12.5 Å². The number of fused-ring (bicyclic) bond motifs is 1. The zero-order valence-corrected chi connectivity index (χ0v) is 23.7. The number of likely N-dealkylation sites (tertiary alicyclic amines) is 1. The second-order valence-electron chi connectivity index (χ2n) is 11.0. The minimum atomic E-state index is -2.40. The van der Waals surface area contributed by atoms with Crippen LogP contribution in [0.15, 0.2) is 35.5 Å². The van der Waals surface area contributed by atoms with Gasteiger partial charge < -0.3 is 19.8 Å². The molecule has 4 unspecified atom stereocenters. The number of nitrogens with zero attached hydrogens (tertiary/aromatic N) is 2. The smallest absolute Gasteiger partial charge is 0.323 e. The molecule has 1 amide bonds. The van der Waals surface area contributed by atoms with E-state index in [0.717, 1.165) is 31.7 Å². The number of rotatable bonds is 15. The number of aliphatic hydroxyl groups excluding tert-OH is 1. The van der Waals surface area contributed by atoms with Crippen molar-refractivity contribution in [2.75, 3.05) is 6.61 Å². The van der Waals surface area contributed by atoms with Crippen molar-refractivity contribution in [3.05, 3.63) is 40.8 Å². The summed E-state index contributed by atoms with van der Waals surface area (Å²) in [5, 5.41) is 25.4. The molecule has 0 aromatic heterocycles. The van der Waals surface area contributed by atoms with Crippen LogP contribution in [0.1, 0.15) is 64.9 Å². The highest BCUT2D eigenvalue weighted by molar-refractivity contribution is 6.45. The molecule has 3 N–H and O–H groups in total. The Bertz CT molecular complexity index is 1140. The van der Waals surface area contributed by atoms with Gasteiger partial charge in [0.2, 0.25) is 23.0 Å². The van der Waals surface area contributed by atoms with Gasteiger partial charge >= 0.3 is 5.97 Å². The number of nitrogens with one attached hydrogen (secondary N) is 1. The summed E-state index contributed by atoms with van der Waals surface area (Å²) in [5.74, 6) is -4.54. The summed E-state index contributed by atoms with van der Waals surface area (Å²) in [5.41, 5.74) is -1.48. The third-order valence-corrected chi connectivity index (χ3v) is 8.23. The molecule has 3 rings (SSSR count). The fraction of sp³-hybridized carbons (Fsp3) is 0.621. The average Bonchev–Trinajstić information content (AvgIpc) is 3.58. The Kier molecular flexibility index (Phi) is 11.0. The Morgan fingerprint density at radius 2 is 1.83 bits per heavy atom. The van der Waals surface area contributed by atoms with E-state index in [1.54, 1.807) is 6.92 Å². The van der Waals surface area contributed by atoms with Crippen LogP contribution in [-0.2, 0) is 35.1 Å². The SMILES string of the molecule is CCC(=O)C(C)(N=O)C(=O)C(=O)COC(=O)[C@H](CCc1ccccc1)N[C@@H](C)C(=O)N1C(C(O)O)CC2CCCC21. The van der Waals surface area contributed by atoms with E-state index < -0.39 is 59.9 Å². The molecule has 2 aliphatic rings. The molecular weight excluding hydrogens is 534 g/mol. The molecular formula is C29H39N3O9. The normalized spacial score (nSPS) is 22.9. The van der Waals surface area contributed by atoms with Crippen LogP contribution in [0.25, 0.3) is 0 Å². The van der Waals surface area contributed by atoms with E-state index in [0.29, 0.717) is 12.8 Å². The molecule has 0 radical (unpaired) electrons. The summed E-state index contributed by atoms with van der Waals surface area (Å²) in [7, 11) is 0. The Hall–Kier alpha value is -3.35. The summed E-state index contributed by atoms with van der Waals surface area (Å²) >= 11 is 0. The predicted molar refractivity (Wildman–Crippen MR) is 146 cm³/mol. The maximum atomic E-state index is 13.5. The van der Waals surface area contributed by atoms with Gasteiger partial charge in [-0.2, -0.15) is 0 Å². The van der Waals surface area contributed by atoms with E-state index in [1.807, 2.05) is 30.3 Å². The van der Waals surface area contributed by atoms with Crippen LogP contribution < -0.4 is 5.32 Å². The lowest BCUT2D eigenvalue weighted by Crippen LogP contribution is -2.56. The Morgan fingerprint density at radius 3 is 2.44 bits per heavy atom. The van der Waals surface area contributed by atoms with E-state index in [-0.39, 0.29) is 30.7 Å². The number of amides is 1. The second-order valence-corrected chi connectivity index (χ2v) is 11.0. The van der Waals surface area contributed by atoms with Gasteiger partial charge in [0.25, 0.3) is 0 Å². The topological polar surface area (TPSA) is 180 Å². The molecule has 1 saturated heterocycles. The number of ketones is 3. The molecule has 12 nitrogen and oxygen atoms in total. The predicted octanol–water partition coefficient (Wildman–Crippen LogP) is 1.23. The molecule has 1 heterocycles. The molecule has 1 aromatic carbocycles. The van der Waals surface area contributed by atoms with Crippen molar-refractivity contribution in [2.45, 2.75) is 102 Å². The van der Waals surface area contributed by atoms with Crippen LogP contribution in [0.5, 0.6) is 0 Å². The van der Waals surface area contributed by atoms with Gasteiger partial charge in [0.1, 0.15) is 6.04 Å². The molecule has 0 bridgehead atoms. The van der Waals surface area contributed by atoms with E-state index in [9.17, 15) is 39.1 Å². The molecule has 6 atom stereocenters. The van der Waals surface area contributed by atoms with Crippen LogP contribution >= 0.6 is 0 Å². The first kappa shape index (κ1) is 32.2. The maximum Gasteiger partial charge on any atom is 0.323 e. The monoisotopic (exact) mass is 573 g/mol. The standard InChI is InChI=1S/C29H39N3O9/c1-4-24(34)29(3,31-40)25(35)23(33)16-41-28(39)20(14-13-18-9-6-5-7-10-18)30-17(2)26(36)32-21-12-8-11-19(21)15-22(32)27(37)38/h5-7,9-10,17,19-22,27,30,37-38H,4,8,11-16H2,1-3H3/t17-,19?,20-,21?,22?,29?/m0/s1. The molecule has 41 heavy (non-hydrogen) atoms. The first-order valence-electron chi connectivity index (χ1n) is 14.0. The number of hydrogen-bond donors (Lipinski definition) is 3. The number of carbonyl (C=O) groups is 5. The summed E-state index contributed by atoms with van der Waals surface area (Å²) < 4.78 is 5.13.